The molecule has 2 unspecified atom stereocenters. The Balaban J connectivity index is 1.53. The van der Waals surface area contributed by atoms with Crippen LogP contribution >= 0.6 is 0 Å². The summed E-state index contributed by atoms with van der Waals surface area (Å²) in [6, 6.07) is 9.45. The monoisotopic (exact) mass is 440 g/mol. The van der Waals surface area contributed by atoms with Crippen molar-refractivity contribution >= 4 is 15.9 Å². The topological polar surface area (TPSA) is 111 Å². The normalized spacial score (nSPS) is 22.3. The number of carbonyl (C=O) groups excluding carboxylic acids is 1. The molecule has 5 heterocycles. The molecule has 3 aromatic heterocycles. The average molecular weight is 440 g/mol. The van der Waals surface area contributed by atoms with E-state index in [4.69, 9.17) is 4.74 Å². The lowest BCUT2D eigenvalue weighted by molar-refractivity contribution is 0.0763. The number of fused-ring (bicyclic) bond motifs is 2. The van der Waals surface area contributed by atoms with Crippen molar-refractivity contribution in [1.29, 1.82) is 0 Å². The van der Waals surface area contributed by atoms with Crippen molar-refractivity contribution in [1.82, 2.24) is 29.0 Å². The van der Waals surface area contributed by atoms with Crippen molar-refractivity contribution in [3.05, 3.63) is 66.4 Å². The first kappa shape index (κ1) is 19.6. The molecule has 10 nitrogen and oxygen atoms in total. The van der Waals surface area contributed by atoms with Gasteiger partial charge in [-0.05, 0) is 30.3 Å². The van der Waals surface area contributed by atoms with Crippen molar-refractivity contribution in [2.24, 2.45) is 7.05 Å². The third-order valence-corrected chi connectivity index (χ3v) is 7.34. The van der Waals surface area contributed by atoms with Crippen molar-refractivity contribution < 1.29 is 17.9 Å². The van der Waals surface area contributed by atoms with Gasteiger partial charge in [0.25, 0.3) is 5.91 Å². The largest absolute Gasteiger partial charge is 0.470 e. The lowest BCUT2D eigenvalue weighted by atomic mass is 10.2. The van der Waals surface area contributed by atoms with Gasteiger partial charge < -0.3 is 9.64 Å². The minimum absolute atomic E-state index is 0.0166. The number of nitrogens with zero attached hydrogens (tertiary/aromatic N) is 6. The maximum Gasteiger partial charge on any atom is 0.274 e. The standard InChI is InChI=1S/C20H20N6O4S/c1-24-10-7-15(23-24)20(27)25-12-16-17(13-25)30-19-18(6-4-9-22-19)31(28,29)26(16)11-14-5-2-3-8-21-14/h2-10,16-17H,11-13H2,1H3. The van der Waals surface area contributed by atoms with Crippen molar-refractivity contribution in [3.8, 4) is 5.88 Å². The first-order valence-electron chi connectivity index (χ1n) is 9.76. The van der Waals surface area contributed by atoms with Crippen molar-refractivity contribution in [2.75, 3.05) is 13.1 Å². The van der Waals surface area contributed by atoms with Crippen LogP contribution in [0.25, 0.3) is 0 Å². The van der Waals surface area contributed by atoms with E-state index in [1.54, 1.807) is 53.3 Å². The van der Waals surface area contributed by atoms with Crippen LogP contribution in [0.15, 0.2) is 59.9 Å². The van der Waals surface area contributed by atoms with E-state index in [1.807, 2.05) is 6.07 Å². The van der Waals surface area contributed by atoms with Gasteiger partial charge in [-0.3, -0.25) is 14.5 Å². The quantitative estimate of drug-likeness (QED) is 0.589. The lowest BCUT2D eigenvalue weighted by Gasteiger charge is -2.27. The number of carbonyl (C=O) groups is 1. The predicted octanol–water partition coefficient (Wildman–Crippen LogP) is 0.687. The van der Waals surface area contributed by atoms with Crippen LogP contribution < -0.4 is 4.74 Å². The Hall–Kier alpha value is -3.31. The zero-order valence-electron chi connectivity index (χ0n) is 16.7. The highest BCUT2D eigenvalue weighted by Crippen LogP contribution is 2.35. The molecule has 1 saturated heterocycles. The molecule has 0 saturated carbocycles. The highest BCUT2D eigenvalue weighted by molar-refractivity contribution is 7.89. The van der Waals surface area contributed by atoms with E-state index in [9.17, 15) is 13.2 Å². The molecule has 3 aromatic rings. The zero-order valence-corrected chi connectivity index (χ0v) is 17.5. The van der Waals surface area contributed by atoms with Crippen molar-refractivity contribution in [2.45, 2.75) is 23.6 Å². The van der Waals surface area contributed by atoms with E-state index >= 15 is 0 Å². The molecule has 31 heavy (non-hydrogen) atoms. The summed E-state index contributed by atoms with van der Waals surface area (Å²) in [5.74, 6) is -0.221. The molecule has 2 aliphatic heterocycles. The van der Waals surface area contributed by atoms with Gasteiger partial charge in [-0.2, -0.15) is 9.40 Å². The lowest BCUT2D eigenvalue weighted by Crippen LogP contribution is -2.46. The summed E-state index contributed by atoms with van der Waals surface area (Å²) < 4.78 is 36.1. The fraction of sp³-hybridized carbons (Fsp3) is 0.300. The number of ether oxygens (including phenoxy) is 1. The van der Waals surface area contributed by atoms with E-state index < -0.39 is 22.2 Å². The molecule has 0 spiro atoms. The molecule has 0 aromatic carbocycles. The van der Waals surface area contributed by atoms with Crippen LogP contribution in [0.4, 0.5) is 0 Å². The van der Waals surface area contributed by atoms with E-state index in [2.05, 4.69) is 15.1 Å². The molecule has 160 valence electrons. The van der Waals surface area contributed by atoms with Gasteiger partial charge in [0.15, 0.2) is 0 Å². The summed E-state index contributed by atoms with van der Waals surface area (Å²) in [5, 5.41) is 4.17. The van der Waals surface area contributed by atoms with Gasteiger partial charge in [0.1, 0.15) is 16.7 Å². The average Bonchev–Trinajstić information content (AvgIpc) is 3.37. The number of aryl methyl sites for hydroxylation is 1. The Kier molecular flexibility index (Phi) is 4.71. The predicted molar refractivity (Wildman–Crippen MR) is 109 cm³/mol. The van der Waals surface area contributed by atoms with Gasteiger partial charge >= 0.3 is 0 Å². The zero-order chi connectivity index (χ0) is 21.6. The third kappa shape index (κ3) is 3.45. The second-order valence-electron chi connectivity index (χ2n) is 7.49. The van der Waals surface area contributed by atoms with Gasteiger partial charge in [-0.15, -0.1) is 0 Å². The smallest absolute Gasteiger partial charge is 0.274 e. The Morgan fingerprint density at radius 3 is 2.71 bits per heavy atom. The number of pyridine rings is 2. The number of amides is 1. The van der Waals surface area contributed by atoms with E-state index in [-0.39, 0.29) is 36.3 Å². The van der Waals surface area contributed by atoms with Gasteiger partial charge in [-0.25, -0.2) is 13.4 Å². The van der Waals surface area contributed by atoms with Crippen LogP contribution in [0, 0.1) is 0 Å². The molecule has 0 radical (unpaired) electrons. The van der Waals surface area contributed by atoms with Crippen LogP contribution in [0.2, 0.25) is 0 Å². The van der Waals surface area contributed by atoms with Crippen LogP contribution in [0.5, 0.6) is 5.88 Å². The summed E-state index contributed by atoms with van der Waals surface area (Å²) >= 11 is 0. The number of hydrogen-bond acceptors (Lipinski definition) is 7. The van der Waals surface area contributed by atoms with Gasteiger partial charge in [0.2, 0.25) is 15.9 Å². The number of sulfonamides is 1. The highest BCUT2D eigenvalue weighted by atomic mass is 32.2. The summed E-state index contributed by atoms with van der Waals surface area (Å²) in [5.41, 5.74) is 0.906. The van der Waals surface area contributed by atoms with Gasteiger partial charge in [0.05, 0.1) is 24.8 Å². The molecule has 5 rings (SSSR count). The summed E-state index contributed by atoms with van der Waals surface area (Å²) in [4.78, 5) is 23.0. The van der Waals surface area contributed by atoms with E-state index in [0.717, 1.165) is 0 Å². The summed E-state index contributed by atoms with van der Waals surface area (Å²) in [6.07, 6.45) is 4.23. The van der Waals surface area contributed by atoms with E-state index in [1.165, 1.54) is 16.6 Å². The van der Waals surface area contributed by atoms with Crippen LogP contribution in [0.1, 0.15) is 16.2 Å². The maximum absolute atomic E-state index is 13.6. The van der Waals surface area contributed by atoms with Crippen LogP contribution in [0.3, 0.4) is 0 Å². The molecule has 0 N–H and O–H groups in total. The van der Waals surface area contributed by atoms with Crippen LogP contribution in [-0.4, -0.2) is 68.5 Å². The fourth-order valence-corrected chi connectivity index (χ4v) is 5.65. The SMILES string of the molecule is Cn1ccc(C(=O)N2CC3Oc4ncccc4S(=O)(=O)N(Cc4ccccn4)C3C2)n1. The first-order chi connectivity index (χ1) is 14.9. The molecule has 1 amide bonds. The Bertz CT molecular complexity index is 1230. The number of hydrogen-bond donors (Lipinski definition) is 0. The molecule has 1 fully saturated rings. The fourth-order valence-electron chi connectivity index (χ4n) is 3.97. The van der Waals surface area contributed by atoms with Crippen LogP contribution in [-0.2, 0) is 23.6 Å². The maximum atomic E-state index is 13.6. The second kappa shape index (κ2) is 7.43. The molecule has 2 aliphatic rings. The molecular weight excluding hydrogens is 420 g/mol. The molecule has 0 bridgehead atoms. The highest BCUT2D eigenvalue weighted by Gasteiger charge is 2.49. The number of likely N-dealkylation sites (tertiary alicyclic amines) is 1. The minimum atomic E-state index is -3.93. The third-order valence-electron chi connectivity index (χ3n) is 5.46. The van der Waals surface area contributed by atoms with Gasteiger partial charge in [-0.1, -0.05) is 6.07 Å². The first-order valence-corrected chi connectivity index (χ1v) is 11.2. The number of aromatic nitrogens is 4. The summed E-state index contributed by atoms with van der Waals surface area (Å²) in [6.45, 7) is 0.470. The number of rotatable bonds is 3. The Labute approximate surface area is 179 Å². The molecular formula is C20H20N6O4S. The second-order valence-corrected chi connectivity index (χ2v) is 9.35. The Morgan fingerprint density at radius 1 is 1.13 bits per heavy atom. The molecule has 0 aliphatic carbocycles. The Morgan fingerprint density at radius 2 is 1.97 bits per heavy atom. The van der Waals surface area contributed by atoms with Gasteiger partial charge in [0, 0.05) is 32.2 Å². The summed E-state index contributed by atoms with van der Waals surface area (Å²) in [7, 11) is -2.20. The molecule has 11 heteroatoms. The van der Waals surface area contributed by atoms with E-state index in [0.29, 0.717) is 11.4 Å². The minimum Gasteiger partial charge on any atom is -0.470 e. The van der Waals surface area contributed by atoms with Crippen molar-refractivity contribution in [3.63, 3.8) is 0 Å². The molecule has 2 atom stereocenters.